The molecule has 0 unspecified atom stereocenters. The number of carbonyl (C=O) groups is 1. The van der Waals surface area contributed by atoms with Gasteiger partial charge in [0.15, 0.2) is 0 Å². The van der Waals surface area contributed by atoms with E-state index < -0.39 is 0 Å². The van der Waals surface area contributed by atoms with Crippen LogP contribution in [0, 0.1) is 0 Å². The number of hydrogen-bond donors (Lipinski definition) is 1. The predicted molar refractivity (Wildman–Crippen MR) is 88.6 cm³/mol. The van der Waals surface area contributed by atoms with Crippen LogP contribution in [0.3, 0.4) is 0 Å². The van der Waals surface area contributed by atoms with Crippen LogP contribution in [0.2, 0.25) is 5.02 Å². The molecule has 116 valence electrons. The molecule has 1 aromatic carbocycles. The molecule has 2 aromatic rings. The lowest BCUT2D eigenvalue weighted by Gasteiger charge is -2.16. The van der Waals surface area contributed by atoms with Crippen molar-refractivity contribution in [1.82, 2.24) is 14.9 Å². The summed E-state index contributed by atoms with van der Waals surface area (Å²) in [6, 6.07) is 7.37. The predicted octanol–water partition coefficient (Wildman–Crippen LogP) is 3.75. The van der Waals surface area contributed by atoms with Gasteiger partial charge in [-0.25, -0.2) is 9.97 Å². The highest BCUT2D eigenvalue weighted by molar-refractivity contribution is 6.33. The van der Waals surface area contributed by atoms with Gasteiger partial charge >= 0.3 is 0 Å². The zero-order valence-electron chi connectivity index (χ0n) is 12.7. The smallest absolute Gasteiger partial charge is 0.273 e. The van der Waals surface area contributed by atoms with Gasteiger partial charge in [-0.15, -0.1) is 0 Å². The molecule has 0 fully saturated rings. The Labute approximate surface area is 135 Å². The van der Waals surface area contributed by atoms with Crippen molar-refractivity contribution in [3.63, 3.8) is 0 Å². The van der Waals surface area contributed by atoms with Crippen molar-refractivity contribution in [2.24, 2.45) is 0 Å². The molecule has 2 rings (SSSR count). The number of halogens is 1. The molecule has 1 N–H and O–H groups in total. The highest BCUT2D eigenvalue weighted by Crippen LogP contribution is 2.23. The Bertz CT molecular complexity index is 630. The molecule has 1 heterocycles. The number of benzene rings is 1. The number of nitrogens with zero attached hydrogens (tertiary/aromatic N) is 3. The van der Waals surface area contributed by atoms with Crippen LogP contribution in [0.5, 0.6) is 0 Å². The second-order valence-corrected chi connectivity index (χ2v) is 5.38. The molecule has 0 aliphatic rings. The van der Waals surface area contributed by atoms with Crippen molar-refractivity contribution in [3.8, 4) is 0 Å². The minimum atomic E-state index is -0.120. The van der Waals surface area contributed by atoms with Gasteiger partial charge in [0.25, 0.3) is 5.91 Å². The highest BCUT2D eigenvalue weighted by atomic mass is 35.5. The molecule has 0 saturated carbocycles. The van der Waals surface area contributed by atoms with Gasteiger partial charge in [0.1, 0.15) is 11.5 Å². The quantitative estimate of drug-likeness (QED) is 0.881. The van der Waals surface area contributed by atoms with Crippen LogP contribution >= 0.6 is 11.6 Å². The largest absolute Gasteiger partial charge is 0.340 e. The number of amides is 1. The number of hydrogen-bond acceptors (Lipinski definition) is 4. The van der Waals surface area contributed by atoms with E-state index in [1.807, 2.05) is 18.2 Å². The van der Waals surface area contributed by atoms with E-state index in [0.29, 0.717) is 16.5 Å². The Kier molecular flexibility index (Phi) is 5.72. The van der Waals surface area contributed by atoms with Gasteiger partial charge in [0, 0.05) is 13.6 Å². The van der Waals surface area contributed by atoms with Crippen LogP contribution in [0.25, 0.3) is 0 Å². The maximum absolute atomic E-state index is 12.2. The van der Waals surface area contributed by atoms with Crippen LogP contribution in [0.1, 0.15) is 30.3 Å². The molecule has 0 aliphatic heterocycles. The standard InChI is InChI=1S/C16H19ClN4O/c1-3-4-9-21(2)16(22)14-10-19-15(11-18-14)20-13-8-6-5-7-12(13)17/h5-8,10-11H,3-4,9H2,1-2H3,(H,19,20). The molecule has 0 atom stereocenters. The molecule has 22 heavy (non-hydrogen) atoms. The minimum Gasteiger partial charge on any atom is -0.340 e. The first-order chi connectivity index (χ1) is 10.6. The van der Waals surface area contributed by atoms with Crippen LogP contribution in [0.15, 0.2) is 36.7 Å². The first kappa shape index (κ1) is 16.2. The second kappa shape index (κ2) is 7.75. The van der Waals surface area contributed by atoms with Gasteiger partial charge in [-0.1, -0.05) is 37.1 Å². The molecule has 5 nitrogen and oxygen atoms in total. The van der Waals surface area contributed by atoms with E-state index in [4.69, 9.17) is 11.6 Å². The molecule has 0 radical (unpaired) electrons. The SMILES string of the molecule is CCCCN(C)C(=O)c1cnc(Nc2ccccc2Cl)cn1. The van der Waals surface area contributed by atoms with E-state index in [-0.39, 0.29) is 5.91 Å². The lowest BCUT2D eigenvalue weighted by Crippen LogP contribution is -2.28. The van der Waals surface area contributed by atoms with Gasteiger partial charge in [0.2, 0.25) is 0 Å². The number of anilines is 2. The molecule has 0 aliphatic carbocycles. The van der Waals surface area contributed by atoms with E-state index >= 15 is 0 Å². The average molecular weight is 319 g/mol. The maximum Gasteiger partial charge on any atom is 0.273 e. The van der Waals surface area contributed by atoms with Crippen LogP contribution in [0.4, 0.5) is 11.5 Å². The Morgan fingerprint density at radius 1 is 1.27 bits per heavy atom. The lowest BCUT2D eigenvalue weighted by molar-refractivity contribution is 0.0787. The fourth-order valence-electron chi connectivity index (χ4n) is 1.90. The summed E-state index contributed by atoms with van der Waals surface area (Å²) >= 11 is 6.07. The van der Waals surface area contributed by atoms with Gasteiger partial charge in [-0.3, -0.25) is 4.79 Å². The maximum atomic E-state index is 12.2. The van der Waals surface area contributed by atoms with Gasteiger partial charge in [-0.05, 0) is 18.6 Å². The van der Waals surface area contributed by atoms with Crippen LogP contribution < -0.4 is 5.32 Å². The molecular weight excluding hydrogens is 300 g/mol. The zero-order chi connectivity index (χ0) is 15.9. The number of unbranched alkanes of at least 4 members (excludes halogenated alkanes) is 1. The van der Waals surface area contributed by atoms with E-state index in [1.165, 1.54) is 12.4 Å². The second-order valence-electron chi connectivity index (χ2n) is 4.97. The third kappa shape index (κ3) is 4.18. The number of rotatable bonds is 6. The number of carbonyl (C=O) groups excluding carboxylic acids is 1. The minimum absolute atomic E-state index is 0.120. The Balaban J connectivity index is 2.04. The van der Waals surface area contributed by atoms with E-state index in [9.17, 15) is 4.79 Å². The van der Waals surface area contributed by atoms with Crippen molar-refractivity contribution in [3.05, 3.63) is 47.4 Å². The summed E-state index contributed by atoms with van der Waals surface area (Å²) in [7, 11) is 1.77. The zero-order valence-corrected chi connectivity index (χ0v) is 13.5. The number of nitrogens with one attached hydrogen (secondary N) is 1. The summed E-state index contributed by atoms with van der Waals surface area (Å²) in [5.41, 5.74) is 1.08. The third-order valence-corrected chi connectivity index (χ3v) is 3.53. The van der Waals surface area contributed by atoms with Gasteiger partial charge in [-0.2, -0.15) is 0 Å². The first-order valence-corrected chi connectivity index (χ1v) is 7.58. The van der Waals surface area contributed by atoms with Crippen molar-refractivity contribution in [1.29, 1.82) is 0 Å². The molecule has 1 amide bonds. The van der Waals surface area contributed by atoms with Crippen molar-refractivity contribution < 1.29 is 4.79 Å². The third-order valence-electron chi connectivity index (χ3n) is 3.20. The lowest BCUT2D eigenvalue weighted by atomic mass is 10.3. The number of para-hydroxylation sites is 1. The highest BCUT2D eigenvalue weighted by Gasteiger charge is 2.13. The van der Waals surface area contributed by atoms with E-state index in [0.717, 1.165) is 25.1 Å². The summed E-state index contributed by atoms with van der Waals surface area (Å²) in [5, 5.41) is 3.67. The van der Waals surface area contributed by atoms with Crippen LogP contribution in [-0.2, 0) is 0 Å². The summed E-state index contributed by atoms with van der Waals surface area (Å²) in [6.07, 6.45) is 5.03. The monoisotopic (exact) mass is 318 g/mol. The molecule has 0 spiro atoms. The molecule has 0 saturated heterocycles. The summed E-state index contributed by atoms with van der Waals surface area (Å²) < 4.78 is 0. The molecule has 6 heteroatoms. The normalized spacial score (nSPS) is 10.3. The summed E-state index contributed by atoms with van der Waals surface area (Å²) in [4.78, 5) is 22.2. The molecule has 1 aromatic heterocycles. The van der Waals surface area contributed by atoms with Crippen LogP contribution in [-0.4, -0.2) is 34.4 Å². The average Bonchev–Trinajstić information content (AvgIpc) is 2.55. The first-order valence-electron chi connectivity index (χ1n) is 7.21. The molecule has 0 bridgehead atoms. The van der Waals surface area contributed by atoms with Crippen molar-refractivity contribution in [2.75, 3.05) is 18.9 Å². The Morgan fingerprint density at radius 2 is 2.05 bits per heavy atom. The van der Waals surface area contributed by atoms with E-state index in [2.05, 4.69) is 22.2 Å². The molecular formula is C16H19ClN4O. The summed E-state index contributed by atoms with van der Waals surface area (Å²) in [5.74, 6) is 0.422. The Morgan fingerprint density at radius 3 is 2.68 bits per heavy atom. The topological polar surface area (TPSA) is 58.1 Å². The van der Waals surface area contributed by atoms with Crippen molar-refractivity contribution >= 4 is 29.0 Å². The Hall–Kier alpha value is -2.14. The van der Waals surface area contributed by atoms with Gasteiger partial charge < -0.3 is 10.2 Å². The van der Waals surface area contributed by atoms with Crippen molar-refractivity contribution in [2.45, 2.75) is 19.8 Å². The number of aromatic nitrogens is 2. The fourth-order valence-corrected chi connectivity index (χ4v) is 2.08. The fraction of sp³-hybridized carbons (Fsp3) is 0.312. The summed E-state index contributed by atoms with van der Waals surface area (Å²) in [6.45, 7) is 2.81. The van der Waals surface area contributed by atoms with E-state index in [1.54, 1.807) is 18.0 Å². The van der Waals surface area contributed by atoms with Gasteiger partial charge in [0.05, 0.1) is 23.1 Å².